The monoisotopic (exact) mass is 2140 g/mol. The minimum atomic E-state index is -3.22. The predicted molar refractivity (Wildman–Crippen MR) is 510 cm³/mol. The molecule has 0 aliphatic heterocycles. The highest BCUT2D eigenvalue weighted by Gasteiger charge is 2.33. The number of halogens is 14. The number of hydrogen-bond acceptors (Lipinski definition) is 26. The van der Waals surface area contributed by atoms with Crippen molar-refractivity contribution in [3.8, 4) is 5.69 Å². The van der Waals surface area contributed by atoms with Gasteiger partial charge in [0.2, 0.25) is 11.1 Å². The maximum atomic E-state index is 12.8. The van der Waals surface area contributed by atoms with Gasteiger partial charge in [0.15, 0.2) is 5.65 Å². The molecule has 648 valence electrons. The number of fused-ring (bicyclic) bond motifs is 3. The molecule has 0 aliphatic rings. The Labute approximate surface area is 787 Å². The molecule has 28 nitrogen and oxygen atoms in total. The normalized spacial score (nSPS) is 10.5. The molecule has 0 bridgehead atoms. The SMILES string of the molecule is Cc1ccccc1-n1c(CCl)nc2scc(C)c2c1=O.Cc1ccccc1N.Cc1ccccc1NC(=O)c1c(C)csc1N.Cc1ccccc1NC(=O)c1c(C)csc1NC(=O)CCl.Cc1csc(N)c1C(=O)O.Cc1csc2[nH]c(=O)oc(=O)c12.Nc1ncnc2n[nH]c(I)c12.O=C(Cl)CCl.O=C(OC(Cl)(Cl)Cl)OC(Cl)(Cl)Cl.O=P(Cl)(Cl)Cl. The average molecular weight is 2150 g/mol. The van der Waals surface area contributed by atoms with E-state index < -0.39 is 41.9 Å². The van der Waals surface area contributed by atoms with Gasteiger partial charge in [-0.25, -0.2) is 34.1 Å². The van der Waals surface area contributed by atoms with Crippen LogP contribution in [-0.2, 0) is 29.5 Å². The van der Waals surface area contributed by atoms with Gasteiger partial charge in [-0.05, 0) is 301 Å². The number of H-pyrrole nitrogens is 2. The number of aromatic nitrogens is 7. The number of aromatic carboxylic acids is 1. The number of nitrogens with zero attached hydrogens (tertiary/aromatic N) is 5. The zero-order valence-electron chi connectivity index (χ0n) is 63.9. The number of carboxylic acids is 1. The molecule has 4 aromatic carbocycles. The number of ether oxygens (including phenoxy) is 2. The van der Waals surface area contributed by atoms with Crippen LogP contribution >= 0.6 is 234 Å². The number of alkyl halides is 9. The maximum absolute atomic E-state index is 12.8. The number of carbonyl (C=O) groups is 6. The first-order valence-electron chi connectivity index (χ1n) is 33.2. The van der Waals surface area contributed by atoms with Gasteiger partial charge >= 0.3 is 36.7 Å². The molecule has 121 heavy (non-hydrogen) atoms. The Morgan fingerprint density at radius 2 is 1.03 bits per heavy atom. The van der Waals surface area contributed by atoms with E-state index in [4.69, 9.17) is 144 Å². The van der Waals surface area contributed by atoms with Crippen molar-refractivity contribution in [3.63, 3.8) is 0 Å². The van der Waals surface area contributed by atoms with E-state index in [0.717, 1.165) is 86.7 Å². The van der Waals surface area contributed by atoms with Gasteiger partial charge in [-0.15, -0.1) is 91.5 Å². The molecule has 14 N–H and O–H groups in total. The van der Waals surface area contributed by atoms with Gasteiger partial charge in [0.1, 0.15) is 47.2 Å². The molecular formula is C73H69Cl13IN14O14PS5. The first-order valence-corrected chi connectivity index (χ1v) is 47.4. The minimum Gasteiger partial charge on any atom is -0.478 e. The van der Waals surface area contributed by atoms with Crippen LogP contribution in [0.5, 0.6) is 0 Å². The summed E-state index contributed by atoms with van der Waals surface area (Å²) in [6.07, 6.45) is -0.01000. The third-order valence-electron chi connectivity index (χ3n) is 14.8. The van der Waals surface area contributed by atoms with Crippen LogP contribution in [0, 0.1) is 66.0 Å². The number of carbonyl (C=O) groups excluding carboxylic acids is 5. The molecule has 13 aromatic rings. The van der Waals surface area contributed by atoms with Crippen LogP contribution in [-0.4, -0.2) is 94.6 Å². The van der Waals surface area contributed by atoms with Crippen molar-refractivity contribution in [3.05, 3.63) is 238 Å². The number of nitrogen functional groups attached to an aromatic ring is 4. The minimum absolute atomic E-state index is 0.0429. The number of rotatable bonds is 10. The average Bonchev–Trinajstić information content (AvgIpc) is 1.70. The van der Waals surface area contributed by atoms with Crippen LogP contribution in [0.1, 0.15) is 87.0 Å². The largest absolute Gasteiger partial charge is 0.515 e. The summed E-state index contributed by atoms with van der Waals surface area (Å²) in [5.41, 5.74) is 35.3. The van der Waals surface area contributed by atoms with E-state index in [9.17, 15) is 47.7 Å². The van der Waals surface area contributed by atoms with Crippen LogP contribution in [0.25, 0.3) is 37.2 Å². The standard InChI is InChI=1S/C15H15ClN2O2S.C15H13ClN2OS.C13H14N2OS.C7H5NO3S.C7H9N.C6H7NO2S.C5H4IN5.C3Cl6O3.C2H2Cl2O.Cl3OP/c1-9-5-3-4-6-11(9)17-14(20)13-10(2)8-21-15(13)18-12(19)7-16;1-9-5-3-4-6-11(9)18-12(7-16)17-14-13(15(18)19)10(2)8-20-14;1-8-5-3-4-6-10(8)15-13(16)11-9(2)7-17-12(11)14;1-3-2-12-5-4(3)6(9)11-7(10)8-5;1-6-4-2-3-5-7(6)8;1-3-2-10-5(7)4(3)6(8)9;6-3-2-4(7)8-1-9-5(2)11-10-3;4-2(5,6)11-1(10)12-3(7,8)9;3-1-2(4)5;1-5(2,3)4/h3-6,8H,7H2,1-2H3,(H,17,20)(H,18,19);3-6,8H,7H2,1-2H3;3-7H,14H2,1-2H3,(H,15,16);2H,1H3,(H,8,10);2-5H,8H2,1H3;2H,7H2,1H3,(H,8,9);1H,(H3,7,8,9,10,11);;1H2;. The number of amides is 3. The van der Waals surface area contributed by atoms with Gasteiger partial charge in [0.25, 0.3) is 17.4 Å². The van der Waals surface area contributed by atoms with Crippen molar-refractivity contribution in [1.29, 1.82) is 0 Å². The second-order valence-corrected chi connectivity index (χ2v) is 41.4. The number of aromatic amines is 2. The lowest BCUT2D eigenvalue weighted by Gasteiger charge is -2.15. The van der Waals surface area contributed by atoms with Crippen LogP contribution in [0.3, 0.4) is 0 Å². The van der Waals surface area contributed by atoms with Crippen molar-refractivity contribution >= 4 is 339 Å². The molecule has 0 spiro atoms. The Morgan fingerprint density at radius 1 is 0.579 bits per heavy atom. The third-order valence-corrected chi connectivity index (χ3v) is 21.9. The van der Waals surface area contributed by atoms with E-state index in [1.165, 1.54) is 63.0 Å². The predicted octanol–water partition coefficient (Wildman–Crippen LogP) is 22.7. The zero-order chi connectivity index (χ0) is 91.1. The van der Waals surface area contributed by atoms with Crippen molar-refractivity contribution < 1.29 is 52.3 Å². The molecule has 9 aromatic heterocycles. The summed E-state index contributed by atoms with van der Waals surface area (Å²) in [6, 6.07) is 30.8. The second-order valence-electron chi connectivity index (χ2n) is 23.7. The van der Waals surface area contributed by atoms with Crippen molar-refractivity contribution in [1.82, 2.24) is 34.7 Å². The molecule has 0 unspecified atom stereocenters. The van der Waals surface area contributed by atoms with E-state index in [0.29, 0.717) is 59.0 Å². The summed E-state index contributed by atoms with van der Waals surface area (Å²) < 4.78 is 19.9. The van der Waals surface area contributed by atoms with Gasteiger partial charge in [-0.1, -0.05) is 72.8 Å². The number of thiophene rings is 5. The maximum Gasteiger partial charge on any atom is 0.515 e. The zero-order valence-corrected chi connectivity index (χ0v) is 80.9. The van der Waals surface area contributed by atoms with E-state index in [1.807, 2.05) is 162 Å². The van der Waals surface area contributed by atoms with E-state index >= 15 is 0 Å². The van der Waals surface area contributed by atoms with Gasteiger partial charge < -0.3 is 57.9 Å². The van der Waals surface area contributed by atoms with Crippen molar-refractivity contribution in [2.75, 3.05) is 50.6 Å². The fourth-order valence-corrected chi connectivity index (χ4v) is 14.9. The molecule has 0 radical (unpaired) electrons. The molecule has 0 fully saturated rings. The molecular weight excluding hydrogens is 2080 g/mol. The molecule has 0 atom stereocenters. The highest BCUT2D eigenvalue weighted by Crippen LogP contribution is 2.61. The molecule has 0 aliphatic carbocycles. The second kappa shape index (κ2) is 50.6. The molecule has 13 rings (SSSR count). The fraction of sp³-hybridized carbons (Fsp3) is 0.192. The summed E-state index contributed by atoms with van der Waals surface area (Å²) in [5.74, 6) is -1.35. The first kappa shape index (κ1) is 106. The molecule has 48 heteroatoms. The number of nitrogens with one attached hydrogen (secondary N) is 5. The summed E-state index contributed by atoms with van der Waals surface area (Å²) >= 11 is 74.0. The number of benzene rings is 4. The lowest BCUT2D eigenvalue weighted by Crippen LogP contribution is -2.23. The smallest absolute Gasteiger partial charge is 0.478 e. The lowest BCUT2D eigenvalue weighted by molar-refractivity contribution is -0.114. The number of hydrogen-bond donors (Lipinski definition) is 10. The topological polar surface area (TPSA) is 451 Å². The fourth-order valence-electron chi connectivity index (χ4n) is 9.27. The van der Waals surface area contributed by atoms with E-state index in [1.54, 1.807) is 29.2 Å². The third kappa shape index (κ3) is 35.7. The molecule has 3 amide bonds. The van der Waals surface area contributed by atoms with Crippen molar-refractivity contribution in [2.24, 2.45) is 0 Å². The Balaban J connectivity index is 0.000000290. The number of carboxylic acid groups (broad SMARTS) is 1. The van der Waals surface area contributed by atoms with Gasteiger partial charge in [-0.3, -0.25) is 43.2 Å². The van der Waals surface area contributed by atoms with Crippen LogP contribution in [0.2, 0.25) is 0 Å². The summed E-state index contributed by atoms with van der Waals surface area (Å²) in [5, 5.41) is 32.6. The van der Waals surface area contributed by atoms with Gasteiger partial charge in [-0.2, -0.15) is 5.10 Å². The quantitative estimate of drug-likeness (QED) is 0.0152. The highest BCUT2D eigenvalue weighted by atomic mass is 127. The van der Waals surface area contributed by atoms with Crippen molar-refractivity contribution in [2.45, 2.75) is 76.2 Å². The van der Waals surface area contributed by atoms with Gasteiger partial charge in [0, 0.05) is 17.1 Å². The highest BCUT2D eigenvalue weighted by molar-refractivity contribution is 14.1. The Kier molecular flexibility index (Phi) is 44.4. The number of nitrogens with two attached hydrogens (primary N) is 4. The van der Waals surface area contributed by atoms with Gasteiger partial charge in [0.05, 0.1) is 55.3 Å². The molecule has 9 heterocycles. The summed E-state index contributed by atoms with van der Waals surface area (Å²) in [6.45, 7) is 17.0. The number of aryl methyl sites for hydroxylation is 9. The number of anilines is 7. The van der Waals surface area contributed by atoms with Crippen LogP contribution in [0.4, 0.5) is 42.7 Å². The van der Waals surface area contributed by atoms with E-state index in [2.05, 4.69) is 116 Å². The van der Waals surface area contributed by atoms with E-state index in [-0.39, 0.29) is 46.5 Å². The summed E-state index contributed by atoms with van der Waals surface area (Å²) in [4.78, 5) is 117. The first-order chi connectivity index (χ1) is 56.5. The van der Waals surface area contributed by atoms with Crippen LogP contribution in [0.15, 0.2) is 149 Å². The summed E-state index contributed by atoms with van der Waals surface area (Å²) in [7, 11) is 0. The number of para-hydroxylation sites is 4. The lowest BCUT2D eigenvalue weighted by atomic mass is 10.1. The van der Waals surface area contributed by atoms with Crippen LogP contribution < -0.4 is 55.8 Å². The Morgan fingerprint density at radius 3 is 1.47 bits per heavy atom. The Bertz CT molecular complexity index is 5900. The molecule has 0 saturated carbocycles. The Hall–Kier alpha value is -7.24. The molecule has 0 saturated heterocycles.